The molecule has 2 saturated carbocycles. The number of aliphatic carboxylic acids is 1. The Morgan fingerprint density at radius 2 is 1.82 bits per heavy atom. The van der Waals surface area contributed by atoms with Crippen molar-refractivity contribution in [1.29, 1.82) is 0 Å². The van der Waals surface area contributed by atoms with Gasteiger partial charge in [-0.25, -0.2) is 19.6 Å². The first-order chi connectivity index (χ1) is 31.8. The van der Waals surface area contributed by atoms with Crippen LogP contribution in [0.3, 0.4) is 0 Å². The molecule has 2 aliphatic heterocycles. The third-order valence-electron chi connectivity index (χ3n) is 13.2. The van der Waals surface area contributed by atoms with Gasteiger partial charge in [0.05, 0.1) is 24.9 Å². The Balaban J connectivity index is 1.07. The highest BCUT2D eigenvalue weighted by atomic mass is 32.1. The lowest BCUT2D eigenvalue weighted by Crippen LogP contribution is -2.59. The number of likely N-dealkylation sites (N-methyl/N-ethyl adjacent to an activating group) is 1. The predicted molar refractivity (Wildman–Crippen MR) is 251 cm³/mol. The van der Waals surface area contributed by atoms with Gasteiger partial charge in [-0.3, -0.25) is 14.4 Å². The molecule has 0 radical (unpaired) electrons. The number of benzene rings is 2. The van der Waals surface area contributed by atoms with E-state index >= 15 is 0 Å². The zero-order valence-corrected chi connectivity index (χ0v) is 38.8. The highest BCUT2D eigenvalue weighted by molar-refractivity contribution is 7.14. The van der Waals surface area contributed by atoms with E-state index in [-0.39, 0.29) is 43.7 Å². The molecule has 1 unspecified atom stereocenters. The molecule has 5 amide bonds. The summed E-state index contributed by atoms with van der Waals surface area (Å²) in [6.45, 7) is 4.41. The van der Waals surface area contributed by atoms with Crippen molar-refractivity contribution >= 4 is 57.1 Å². The number of aromatic nitrogens is 2. The number of ether oxygens (including phenoxy) is 2. The van der Waals surface area contributed by atoms with Gasteiger partial charge in [0.1, 0.15) is 47.0 Å². The minimum absolute atomic E-state index is 0.0257. The lowest BCUT2D eigenvalue weighted by atomic mass is 9.79. The standard InChI is InChI=1S/C49H60N8O8S/c1-29(2)50-48-53-39(28-66-48)38-24-41(35-21-20-33(64-4)22-37(35)51-38)65-34-23-40-43(58)55-49(46(61)62)25-32(49)18-11-6-5-7-12-19-36(44(59)57(40)27-34)52-47(63)54-42(31-16-13-17-31)45(60)56(3)26-30-14-9-8-10-15-30/h8-11,14-15,18,20-22,24,28-29,31-32,34,36,40,42H,5-7,12-13,16-17,19,23,25-27H2,1-4H3,(H,50,53)(H,55,58)(H,61,62)(H2,52,54,63)/b18-11-/t32?,34-,36+,40+,42+,49-/m1/s1. The van der Waals surface area contributed by atoms with Gasteiger partial charge in [0.25, 0.3) is 0 Å². The minimum Gasteiger partial charge on any atom is -0.497 e. The molecule has 4 aliphatic rings. The number of thiazole rings is 1. The molecule has 2 aromatic carbocycles. The molecule has 1 saturated heterocycles. The molecule has 2 aliphatic carbocycles. The van der Waals surface area contributed by atoms with Gasteiger partial charge in [0, 0.05) is 54.9 Å². The second-order valence-electron chi connectivity index (χ2n) is 18.4. The molecule has 16 nitrogen and oxygen atoms in total. The predicted octanol–water partition coefficient (Wildman–Crippen LogP) is 6.51. The maximum absolute atomic E-state index is 15.0. The SMILES string of the molecule is COc1ccc2c(O[C@@H]3C[C@H]4C(=O)N[C@]5(C(=O)O)CC5/C=C\CCCCC[C@H](NC(=O)N[C@H](C(=O)N(C)Cc5ccccc5)C5CCC5)C(=O)N4C3)cc(-c3csc(NC(C)C)n3)nc2c1. The summed E-state index contributed by atoms with van der Waals surface area (Å²) in [5.41, 5.74) is 1.24. The number of amides is 5. The van der Waals surface area contributed by atoms with E-state index in [1.807, 2.05) is 67.8 Å². The average molecular weight is 921 g/mol. The van der Waals surface area contributed by atoms with E-state index in [1.54, 1.807) is 37.3 Å². The maximum atomic E-state index is 15.0. The minimum atomic E-state index is -1.50. The van der Waals surface area contributed by atoms with Gasteiger partial charge in [0.2, 0.25) is 17.7 Å². The molecule has 6 atom stereocenters. The normalized spacial score (nSPS) is 24.3. The number of carboxylic acids is 1. The third kappa shape index (κ3) is 10.4. The van der Waals surface area contributed by atoms with Crippen molar-refractivity contribution < 1.29 is 38.6 Å². The molecular formula is C49H60N8O8S. The summed E-state index contributed by atoms with van der Waals surface area (Å²) in [6.07, 6.45) is 9.06. The van der Waals surface area contributed by atoms with Gasteiger partial charge in [-0.15, -0.1) is 11.3 Å². The Kier molecular flexibility index (Phi) is 14.1. The van der Waals surface area contributed by atoms with Crippen LogP contribution in [0.1, 0.15) is 83.6 Å². The second-order valence-corrected chi connectivity index (χ2v) is 19.2. The zero-order valence-electron chi connectivity index (χ0n) is 38.0. The average Bonchev–Trinajstić information content (AvgIpc) is 3.54. The van der Waals surface area contributed by atoms with E-state index < -0.39 is 59.5 Å². The van der Waals surface area contributed by atoms with E-state index in [4.69, 9.17) is 19.4 Å². The van der Waals surface area contributed by atoms with Crippen molar-refractivity contribution in [3.05, 3.63) is 77.7 Å². The van der Waals surface area contributed by atoms with Crippen LogP contribution >= 0.6 is 11.3 Å². The van der Waals surface area contributed by atoms with Crippen LogP contribution in [0.5, 0.6) is 11.5 Å². The van der Waals surface area contributed by atoms with Crippen molar-refractivity contribution in [1.82, 2.24) is 35.7 Å². The van der Waals surface area contributed by atoms with E-state index in [9.17, 15) is 29.1 Å². The number of nitrogens with one attached hydrogen (secondary N) is 4. The van der Waals surface area contributed by atoms with Crippen molar-refractivity contribution in [2.75, 3.05) is 26.0 Å². The van der Waals surface area contributed by atoms with Gasteiger partial charge in [-0.05, 0) is 76.0 Å². The molecule has 8 rings (SSSR count). The number of carbonyl (C=O) groups is 5. The van der Waals surface area contributed by atoms with Crippen LogP contribution in [-0.4, -0.2) is 111 Å². The molecule has 350 valence electrons. The topological polar surface area (TPSA) is 204 Å². The summed E-state index contributed by atoms with van der Waals surface area (Å²) in [5, 5.41) is 25.8. The molecule has 5 N–H and O–H groups in total. The first-order valence-electron chi connectivity index (χ1n) is 23.1. The Morgan fingerprint density at radius 1 is 1.02 bits per heavy atom. The van der Waals surface area contributed by atoms with E-state index in [2.05, 4.69) is 21.3 Å². The van der Waals surface area contributed by atoms with Crippen molar-refractivity contribution in [3.8, 4) is 22.9 Å². The zero-order chi connectivity index (χ0) is 46.5. The molecule has 17 heteroatoms. The van der Waals surface area contributed by atoms with Crippen LogP contribution in [0, 0.1) is 11.8 Å². The Morgan fingerprint density at radius 3 is 2.55 bits per heavy atom. The lowest BCUT2D eigenvalue weighted by molar-refractivity contribution is -0.145. The van der Waals surface area contributed by atoms with Gasteiger partial charge < -0.3 is 45.6 Å². The van der Waals surface area contributed by atoms with Crippen LogP contribution in [-0.2, 0) is 25.7 Å². The van der Waals surface area contributed by atoms with E-state index in [0.717, 1.165) is 42.8 Å². The number of fused-ring (bicyclic) bond motifs is 3. The second kappa shape index (κ2) is 20.1. The van der Waals surface area contributed by atoms with Gasteiger partial charge >= 0.3 is 12.0 Å². The summed E-state index contributed by atoms with van der Waals surface area (Å²) in [7, 11) is 3.30. The summed E-state index contributed by atoms with van der Waals surface area (Å²) in [4.78, 5) is 82.9. The summed E-state index contributed by atoms with van der Waals surface area (Å²) in [5.74, 6) is -1.84. The summed E-state index contributed by atoms with van der Waals surface area (Å²) < 4.78 is 12.3. The quantitative estimate of drug-likeness (QED) is 0.0915. The van der Waals surface area contributed by atoms with Crippen molar-refractivity contribution in [3.63, 3.8) is 0 Å². The van der Waals surface area contributed by atoms with Gasteiger partial charge in [-0.1, -0.05) is 61.7 Å². The fourth-order valence-corrected chi connectivity index (χ4v) is 10.1. The summed E-state index contributed by atoms with van der Waals surface area (Å²) >= 11 is 1.46. The first-order valence-corrected chi connectivity index (χ1v) is 24.0. The molecule has 0 bridgehead atoms. The van der Waals surface area contributed by atoms with Crippen LogP contribution < -0.4 is 30.7 Å². The van der Waals surface area contributed by atoms with E-state index in [0.29, 0.717) is 53.2 Å². The van der Waals surface area contributed by atoms with Gasteiger partial charge in [0.15, 0.2) is 5.13 Å². The molecule has 3 fully saturated rings. The van der Waals surface area contributed by atoms with Crippen LogP contribution in [0.4, 0.5) is 9.93 Å². The number of carbonyl (C=O) groups excluding carboxylic acids is 4. The number of pyridine rings is 1. The largest absolute Gasteiger partial charge is 0.497 e. The van der Waals surface area contributed by atoms with Crippen LogP contribution in [0.25, 0.3) is 22.3 Å². The molecule has 4 aromatic rings. The number of urea groups is 1. The monoisotopic (exact) mass is 920 g/mol. The van der Waals surface area contributed by atoms with Crippen LogP contribution in [0.2, 0.25) is 0 Å². The number of methoxy groups -OCH3 is 1. The first kappa shape index (κ1) is 46.3. The molecular weight excluding hydrogens is 861 g/mol. The fourth-order valence-electron chi connectivity index (χ4n) is 9.23. The number of carboxylic acid groups (broad SMARTS) is 1. The number of hydrogen-bond acceptors (Lipinski definition) is 11. The van der Waals surface area contributed by atoms with Crippen molar-refractivity contribution in [2.45, 2.75) is 120 Å². The molecule has 2 aromatic heterocycles. The fraction of sp³-hybridized carbons (Fsp3) is 0.490. The summed E-state index contributed by atoms with van der Waals surface area (Å²) in [6, 6.07) is 13.5. The van der Waals surface area contributed by atoms with E-state index in [1.165, 1.54) is 16.2 Å². The molecule has 66 heavy (non-hydrogen) atoms. The Bertz CT molecular complexity index is 2460. The number of nitrogens with zero attached hydrogens (tertiary/aromatic N) is 4. The van der Waals surface area contributed by atoms with Crippen molar-refractivity contribution in [2.24, 2.45) is 11.8 Å². The number of allylic oxidation sites excluding steroid dienone is 1. The number of hydrogen-bond donors (Lipinski definition) is 5. The lowest BCUT2D eigenvalue weighted by Gasteiger charge is -2.36. The van der Waals surface area contributed by atoms with Crippen LogP contribution in [0.15, 0.2) is 72.1 Å². The molecule has 4 heterocycles. The Hall–Kier alpha value is -6.23. The number of anilines is 1. The number of rotatable bonds is 13. The highest BCUT2D eigenvalue weighted by Gasteiger charge is 2.61. The third-order valence-corrected chi connectivity index (χ3v) is 14.0. The smallest absolute Gasteiger partial charge is 0.330 e. The Labute approximate surface area is 388 Å². The maximum Gasteiger partial charge on any atom is 0.330 e. The van der Waals surface area contributed by atoms with Gasteiger partial charge in [-0.2, -0.15) is 0 Å². The molecule has 0 spiro atoms. The highest BCUT2D eigenvalue weighted by Crippen LogP contribution is 2.46.